The van der Waals surface area contributed by atoms with Crippen molar-refractivity contribution < 1.29 is 0 Å². The summed E-state index contributed by atoms with van der Waals surface area (Å²) in [6.45, 7) is 12.3. The van der Waals surface area contributed by atoms with Crippen LogP contribution >= 0.6 is 0 Å². The lowest BCUT2D eigenvalue weighted by Crippen LogP contribution is -2.40. The monoisotopic (exact) mass is 313 g/mol. The van der Waals surface area contributed by atoms with Crippen LogP contribution in [0.1, 0.15) is 38.2 Å². The number of likely N-dealkylation sites (tertiary alicyclic amines) is 1. The molecule has 0 radical (unpaired) electrons. The highest BCUT2D eigenvalue weighted by Gasteiger charge is 2.48. The molecule has 0 aromatic heterocycles. The van der Waals surface area contributed by atoms with Gasteiger partial charge in [-0.15, -0.1) is 0 Å². The Morgan fingerprint density at radius 2 is 1.91 bits per heavy atom. The topological polar surface area (TPSA) is 3.24 Å². The first-order valence-electron chi connectivity index (χ1n) is 8.89. The predicted octanol–water partition coefficient (Wildman–Crippen LogP) is 5.25. The van der Waals surface area contributed by atoms with Crippen molar-refractivity contribution in [3.63, 3.8) is 0 Å². The Balaban J connectivity index is 1.88. The lowest BCUT2D eigenvalue weighted by atomic mass is 9.70. The molecule has 0 unspecified atom stereocenters. The first kappa shape index (κ1) is 16.0. The Morgan fingerprint density at radius 1 is 1.18 bits per heavy atom. The van der Waals surface area contributed by atoms with Crippen molar-refractivity contribution in [1.29, 1.82) is 0 Å². The van der Waals surface area contributed by atoms with Crippen molar-refractivity contribution in [1.82, 2.24) is 4.90 Å². The van der Waals surface area contributed by atoms with E-state index in [1.807, 2.05) is 0 Å². The summed E-state index contributed by atoms with van der Waals surface area (Å²) in [5, 5.41) is 0. The van der Waals surface area contributed by atoms with Gasteiger partial charge in [-0.1, -0.05) is 81.0 Å². The molecule has 0 amide bonds. The zero-order chi connectivity index (χ0) is 15.8. The summed E-state index contributed by atoms with van der Waals surface area (Å²) in [4.78, 5) is 2.76. The molecule has 120 valence electrons. The largest absolute Gasteiger partial charge is 0.291 e. The lowest BCUT2D eigenvalue weighted by Gasteiger charge is -2.40. The van der Waals surface area contributed by atoms with Crippen LogP contribution in [0.5, 0.6) is 0 Å². The third-order valence-electron chi connectivity index (χ3n) is 5.54. The lowest BCUT2D eigenvalue weighted by molar-refractivity contribution is 0.121. The normalized spacial score (nSPS) is 31.5. The van der Waals surface area contributed by atoms with Gasteiger partial charge >= 0.3 is 0 Å². The van der Waals surface area contributed by atoms with Crippen LogP contribution in [0.15, 0.2) is 41.6 Å². The van der Waals surface area contributed by atoms with Crippen LogP contribution in [0.2, 0.25) is 19.6 Å². The zero-order valence-electron chi connectivity index (χ0n) is 14.7. The molecule has 2 atom stereocenters. The molecule has 1 aromatic rings. The first-order valence-corrected chi connectivity index (χ1v) is 12.5. The van der Waals surface area contributed by atoms with E-state index in [4.69, 9.17) is 0 Å². The molecule has 1 nitrogen and oxygen atoms in total. The van der Waals surface area contributed by atoms with E-state index < -0.39 is 8.07 Å². The van der Waals surface area contributed by atoms with Crippen molar-refractivity contribution in [3.8, 4) is 0 Å². The van der Waals surface area contributed by atoms with Crippen LogP contribution in [-0.2, 0) is 6.54 Å². The van der Waals surface area contributed by atoms with E-state index in [1.165, 1.54) is 37.8 Å². The van der Waals surface area contributed by atoms with Crippen molar-refractivity contribution in [2.75, 3.05) is 6.54 Å². The Hall–Kier alpha value is -0.863. The highest BCUT2D eigenvalue weighted by molar-refractivity contribution is 6.81. The fraction of sp³-hybridized carbons (Fsp3) is 0.600. The van der Waals surface area contributed by atoms with E-state index in [0.29, 0.717) is 5.41 Å². The fourth-order valence-electron chi connectivity index (χ4n) is 4.50. The average molecular weight is 314 g/mol. The van der Waals surface area contributed by atoms with Gasteiger partial charge in [0.05, 0.1) is 8.07 Å². The highest BCUT2D eigenvalue weighted by atomic mass is 28.3. The van der Waals surface area contributed by atoms with Crippen LogP contribution in [0.4, 0.5) is 0 Å². The molecular weight excluding hydrogens is 282 g/mol. The molecule has 2 fully saturated rings. The van der Waals surface area contributed by atoms with Gasteiger partial charge in [0, 0.05) is 24.5 Å². The van der Waals surface area contributed by atoms with Crippen LogP contribution < -0.4 is 0 Å². The Bertz CT molecular complexity index is 543. The standard InChI is InChI=1S/C20H31NSi/c1-20-13-9-8-12-19(20)21(14-17-10-6-5-7-11-17)15-18(20)16-22(2,3)4/h5-7,10-11,16,19H,8-9,12-15H2,1-4H3/t19-,20-/m1/s1. The Kier molecular flexibility index (Phi) is 4.35. The maximum atomic E-state index is 2.76. The minimum absolute atomic E-state index is 0.438. The zero-order valence-corrected chi connectivity index (χ0v) is 15.7. The maximum Gasteiger partial charge on any atom is 0.0687 e. The molecule has 0 N–H and O–H groups in total. The number of rotatable bonds is 3. The summed E-state index contributed by atoms with van der Waals surface area (Å²) in [5.41, 5.74) is 6.36. The highest BCUT2D eigenvalue weighted by Crippen LogP contribution is 2.50. The molecule has 2 aliphatic rings. The number of nitrogens with zero attached hydrogens (tertiary/aromatic N) is 1. The van der Waals surface area contributed by atoms with Gasteiger partial charge in [-0.25, -0.2) is 0 Å². The third kappa shape index (κ3) is 3.23. The van der Waals surface area contributed by atoms with Crippen molar-refractivity contribution in [2.45, 2.75) is 64.8 Å². The quantitative estimate of drug-likeness (QED) is 0.688. The van der Waals surface area contributed by atoms with Gasteiger partial charge in [-0.3, -0.25) is 4.90 Å². The van der Waals surface area contributed by atoms with Crippen LogP contribution in [0, 0.1) is 5.41 Å². The van der Waals surface area contributed by atoms with Gasteiger partial charge in [-0.05, 0) is 18.4 Å². The van der Waals surface area contributed by atoms with Gasteiger partial charge in [0.25, 0.3) is 0 Å². The van der Waals surface area contributed by atoms with Crippen molar-refractivity contribution in [2.24, 2.45) is 5.41 Å². The van der Waals surface area contributed by atoms with Crippen molar-refractivity contribution in [3.05, 3.63) is 47.2 Å². The van der Waals surface area contributed by atoms with Crippen LogP contribution in [-0.4, -0.2) is 25.6 Å². The van der Waals surface area contributed by atoms with E-state index in [-0.39, 0.29) is 0 Å². The molecular formula is C20H31NSi. The first-order chi connectivity index (χ1) is 10.4. The molecule has 1 aliphatic carbocycles. The van der Waals surface area contributed by atoms with Gasteiger partial charge in [0.2, 0.25) is 0 Å². The van der Waals surface area contributed by atoms with Gasteiger partial charge in [-0.2, -0.15) is 0 Å². The SMILES string of the molecule is C[C@]12CCCC[C@H]1N(Cc1ccccc1)CC2=C[Si](C)(C)C. The second kappa shape index (κ2) is 5.97. The molecule has 2 heteroatoms. The minimum Gasteiger partial charge on any atom is -0.291 e. The maximum absolute atomic E-state index is 2.76. The second-order valence-electron chi connectivity index (χ2n) is 8.61. The fourth-order valence-corrected chi connectivity index (χ4v) is 5.97. The summed E-state index contributed by atoms with van der Waals surface area (Å²) in [7, 11) is -1.16. The molecule has 22 heavy (non-hydrogen) atoms. The van der Waals surface area contributed by atoms with E-state index in [1.54, 1.807) is 5.57 Å². The molecule has 0 spiro atoms. The molecule has 1 aromatic carbocycles. The predicted molar refractivity (Wildman–Crippen MR) is 98.6 cm³/mol. The molecule has 1 saturated carbocycles. The summed E-state index contributed by atoms with van der Waals surface area (Å²) in [6.07, 6.45) is 5.59. The number of hydrogen-bond acceptors (Lipinski definition) is 1. The average Bonchev–Trinajstić information content (AvgIpc) is 2.71. The van der Waals surface area contributed by atoms with E-state index in [0.717, 1.165) is 12.6 Å². The Morgan fingerprint density at radius 3 is 2.59 bits per heavy atom. The molecule has 1 saturated heterocycles. The minimum atomic E-state index is -1.16. The molecule has 0 bridgehead atoms. The summed E-state index contributed by atoms with van der Waals surface area (Å²) in [5.74, 6) is 0. The van der Waals surface area contributed by atoms with Gasteiger partial charge < -0.3 is 0 Å². The van der Waals surface area contributed by atoms with E-state index in [9.17, 15) is 0 Å². The summed E-state index contributed by atoms with van der Waals surface area (Å²) < 4.78 is 0. The summed E-state index contributed by atoms with van der Waals surface area (Å²) in [6, 6.07) is 11.8. The molecule has 1 heterocycles. The number of benzene rings is 1. The number of fused-ring (bicyclic) bond motifs is 1. The molecule has 3 rings (SSSR count). The van der Waals surface area contributed by atoms with Gasteiger partial charge in [0.15, 0.2) is 0 Å². The summed E-state index contributed by atoms with van der Waals surface area (Å²) >= 11 is 0. The van der Waals surface area contributed by atoms with Crippen LogP contribution in [0.25, 0.3) is 0 Å². The number of hydrogen-bond donors (Lipinski definition) is 0. The van der Waals surface area contributed by atoms with E-state index >= 15 is 0 Å². The smallest absolute Gasteiger partial charge is 0.0687 e. The van der Waals surface area contributed by atoms with E-state index in [2.05, 4.69) is 67.5 Å². The van der Waals surface area contributed by atoms with Gasteiger partial charge in [0.1, 0.15) is 0 Å². The van der Waals surface area contributed by atoms with Crippen molar-refractivity contribution >= 4 is 8.07 Å². The third-order valence-corrected chi connectivity index (χ3v) is 6.76. The van der Waals surface area contributed by atoms with Crippen LogP contribution in [0.3, 0.4) is 0 Å². The molecule has 1 aliphatic heterocycles. The Labute approximate surface area is 137 Å². The second-order valence-corrected chi connectivity index (χ2v) is 13.6.